The zero-order chi connectivity index (χ0) is 21.3. The zero-order valence-electron chi connectivity index (χ0n) is 15.3. The van der Waals surface area contributed by atoms with E-state index in [1.165, 1.54) is 13.8 Å². The average molecular weight is 409 g/mol. The molecule has 0 fully saturated rings. The van der Waals surface area contributed by atoms with E-state index < -0.39 is 52.3 Å². The maximum absolute atomic E-state index is 12.4. The molecular weight excluding hydrogens is 390 g/mol. The number of ketones is 2. The average Bonchev–Trinajstić information content (AvgIpc) is 2.62. The number of aliphatic carboxylic acids is 1. The number of nitrogens with one attached hydrogen (secondary N) is 1. The Morgan fingerprint density at radius 1 is 1.00 bits per heavy atom. The molecule has 5 N–H and O–H groups in total. The fraction of sp³-hybridized carbons (Fsp3) is 0.333. The summed E-state index contributed by atoms with van der Waals surface area (Å²) in [6, 6.07) is -1.21. The third-order valence-corrected chi connectivity index (χ3v) is 5.49. The molecule has 0 heterocycles. The van der Waals surface area contributed by atoms with Gasteiger partial charge in [0, 0.05) is 18.4 Å². The van der Waals surface area contributed by atoms with Crippen LogP contribution in [0.4, 0.5) is 0 Å². The van der Waals surface area contributed by atoms with Crippen LogP contribution in [-0.4, -0.2) is 61.4 Å². The maximum atomic E-state index is 12.4. The number of carboxylic acids is 1. The van der Waals surface area contributed by atoms with Crippen molar-refractivity contribution in [3.05, 3.63) is 27.8 Å². The van der Waals surface area contributed by atoms with Crippen molar-refractivity contribution in [2.24, 2.45) is 0 Å². The highest BCUT2D eigenvalue weighted by Gasteiger charge is 2.38. The molecule has 0 saturated heterocycles. The highest BCUT2D eigenvalue weighted by Crippen LogP contribution is 2.43. The molecule has 10 heteroatoms. The Balaban J connectivity index is 2.38. The van der Waals surface area contributed by atoms with Gasteiger partial charge in [0.2, 0.25) is 17.5 Å². The lowest BCUT2D eigenvalue weighted by molar-refractivity contribution is -0.140. The van der Waals surface area contributed by atoms with Crippen molar-refractivity contribution in [2.45, 2.75) is 26.8 Å². The predicted molar refractivity (Wildman–Crippen MR) is 101 cm³/mol. The van der Waals surface area contributed by atoms with Gasteiger partial charge < -0.3 is 25.7 Å². The van der Waals surface area contributed by atoms with Gasteiger partial charge in [0.25, 0.3) is 0 Å². The van der Waals surface area contributed by atoms with Gasteiger partial charge in [0.15, 0.2) is 0 Å². The standard InChI is InChI=1S/C18H19NO8S/c1-6-7(2)14(22)12-11(13(6)21)15(23)9(16(24)17(12)25)4-28-5-10(18(26)27)19-8(3)20/h10,21-23H,4-5H2,1-3H3,(H,19,20)(H,26,27)/t10-/m0/s1. The Bertz CT molecular complexity index is 934. The number of hydrogen-bond donors (Lipinski definition) is 5. The SMILES string of the molecule is CC(=O)N[C@@H](CSCC1=C(O)c2c(O)c(C)c(C)c(O)c2C(=O)C1=O)C(=O)O. The summed E-state index contributed by atoms with van der Waals surface area (Å²) in [5.74, 6) is -5.85. The van der Waals surface area contributed by atoms with Gasteiger partial charge in [-0.25, -0.2) is 4.79 Å². The summed E-state index contributed by atoms with van der Waals surface area (Å²) in [6.45, 7) is 4.11. The Labute approximate surface area is 164 Å². The second kappa shape index (κ2) is 7.93. The van der Waals surface area contributed by atoms with Crippen LogP contribution in [0, 0.1) is 13.8 Å². The van der Waals surface area contributed by atoms with E-state index >= 15 is 0 Å². The molecule has 150 valence electrons. The number of hydrogen-bond acceptors (Lipinski definition) is 8. The normalized spacial score (nSPS) is 14.7. The van der Waals surface area contributed by atoms with E-state index in [1.54, 1.807) is 0 Å². The van der Waals surface area contributed by atoms with Crippen molar-refractivity contribution in [2.75, 3.05) is 11.5 Å². The smallest absolute Gasteiger partial charge is 0.327 e. The zero-order valence-corrected chi connectivity index (χ0v) is 16.1. The monoisotopic (exact) mass is 409 g/mol. The first-order chi connectivity index (χ1) is 13.0. The van der Waals surface area contributed by atoms with Gasteiger partial charge in [0.05, 0.1) is 16.7 Å². The summed E-state index contributed by atoms with van der Waals surface area (Å²) in [6.07, 6.45) is 0. The third kappa shape index (κ3) is 3.68. The van der Waals surface area contributed by atoms with E-state index in [-0.39, 0.29) is 33.8 Å². The maximum Gasteiger partial charge on any atom is 0.327 e. The lowest BCUT2D eigenvalue weighted by Crippen LogP contribution is -2.41. The van der Waals surface area contributed by atoms with Crippen molar-refractivity contribution in [3.8, 4) is 11.5 Å². The van der Waals surface area contributed by atoms with Crippen molar-refractivity contribution in [3.63, 3.8) is 0 Å². The molecule has 0 radical (unpaired) electrons. The van der Waals surface area contributed by atoms with Crippen LogP contribution in [0.3, 0.4) is 0 Å². The Morgan fingerprint density at radius 3 is 2.04 bits per heavy atom. The molecule has 0 aromatic heterocycles. The molecule has 2 rings (SSSR count). The molecule has 1 aliphatic carbocycles. The van der Waals surface area contributed by atoms with Crippen LogP contribution in [0.5, 0.6) is 11.5 Å². The van der Waals surface area contributed by atoms with Crippen LogP contribution in [0.1, 0.15) is 34.0 Å². The fourth-order valence-corrected chi connectivity index (χ4v) is 3.81. The molecule has 1 aliphatic rings. The van der Waals surface area contributed by atoms with Crippen LogP contribution in [0.25, 0.3) is 5.76 Å². The highest BCUT2D eigenvalue weighted by atomic mass is 32.2. The quantitative estimate of drug-likeness (QED) is 0.342. The number of thioether (sulfide) groups is 1. The molecule has 0 saturated carbocycles. The fourth-order valence-electron chi connectivity index (χ4n) is 2.76. The van der Waals surface area contributed by atoms with Crippen LogP contribution >= 0.6 is 11.8 Å². The lowest BCUT2D eigenvalue weighted by Gasteiger charge is -2.22. The number of rotatable bonds is 6. The molecule has 1 aromatic carbocycles. The van der Waals surface area contributed by atoms with Gasteiger partial charge in [-0.3, -0.25) is 14.4 Å². The first-order valence-electron chi connectivity index (χ1n) is 8.13. The van der Waals surface area contributed by atoms with Crippen molar-refractivity contribution >= 4 is 41.0 Å². The Morgan fingerprint density at radius 2 is 1.54 bits per heavy atom. The van der Waals surface area contributed by atoms with Crippen LogP contribution < -0.4 is 5.32 Å². The van der Waals surface area contributed by atoms with E-state index in [9.17, 15) is 34.5 Å². The molecule has 0 unspecified atom stereocenters. The Hall–Kier alpha value is -3.01. The van der Waals surface area contributed by atoms with E-state index in [0.717, 1.165) is 18.7 Å². The van der Waals surface area contributed by atoms with Crippen molar-refractivity contribution < 1.29 is 39.6 Å². The minimum atomic E-state index is -1.27. The topological polar surface area (TPSA) is 161 Å². The summed E-state index contributed by atoms with van der Waals surface area (Å²) in [5, 5.41) is 42.3. The Kier molecular flexibility index (Phi) is 6.03. The van der Waals surface area contributed by atoms with Crippen LogP contribution in [0.2, 0.25) is 0 Å². The summed E-state index contributed by atoms with van der Waals surface area (Å²) in [7, 11) is 0. The summed E-state index contributed by atoms with van der Waals surface area (Å²) < 4.78 is 0. The van der Waals surface area contributed by atoms with Gasteiger partial charge in [-0.1, -0.05) is 0 Å². The number of carboxylic acid groups (broad SMARTS) is 1. The second-order valence-electron chi connectivity index (χ2n) is 6.29. The third-order valence-electron chi connectivity index (χ3n) is 4.43. The largest absolute Gasteiger partial charge is 0.507 e. The van der Waals surface area contributed by atoms with Gasteiger partial charge in [-0.2, -0.15) is 11.8 Å². The van der Waals surface area contributed by atoms with Crippen LogP contribution in [0.15, 0.2) is 5.57 Å². The lowest BCUT2D eigenvalue weighted by atomic mass is 9.85. The number of aromatic hydroxyl groups is 2. The minimum absolute atomic E-state index is 0.121. The molecule has 0 bridgehead atoms. The number of fused-ring (bicyclic) bond motifs is 1. The van der Waals surface area contributed by atoms with Crippen LogP contribution in [-0.2, 0) is 14.4 Å². The second-order valence-corrected chi connectivity index (χ2v) is 7.32. The molecule has 1 aromatic rings. The highest BCUT2D eigenvalue weighted by molar-refractivity contribution is 7.99. The first-order valence-corrected chi connectivity index (χ1v) is 9.28. The molecule has 28 heavy (non-hydrogen) atoms. The van der Waals surface area contributed by atoms with E-state index in [0.29, 0.717) is 0 Å². The van der Waals surface area contributed by atoms with Crippen molar-refractivity contribution in [1.82, 2.24) is 5.32 Å². The minimum Gasteiger partial charge on any atom is -0.507 e. The summed E-state index contributed by atoms with van der Waals surface area (Å²) in [5.41, 5.74) is -0.639. The number of carbonyl (C=O) groups excluding carboxylic acids is 3. The van der Waals surface area contributed by atoms with E-state index in [1.807, 2.05) is 0 Å². The molecule has 9 nitrogen and oxygen atoms in total. The van der Waals surface area contributed by atoms with Gasteiger partial charge in [-0.15, -0.1) is 0 Å². The number of phenols is 2. The molecular formula is C18H19NO8S. The summed E-state index contributed by atoms with van der Waals surface area (Å²) in [4.78, 5) is 47.0. The number of benzene rings is 1. The summed E-state index contributed by atoms with van der Waals surface area (Å²) >= 11 is 0.909. The van der Waals surface area contributed by atoms with E-state index in [2.05, 4.69) is 5.32 Å². The first kappa shape index (κ1) is 21.3. The molecule has 1 amide bonds. The van der Waals surface area contributed by atoms with Gasteiger partial charge >= 0.3 is 5.97 Å². The number of aliphatic hydroxyl groups excluding tert-OH is 1. The molecule has 0 aliphatic heterocycles. The number of amides is 1. The van der Waals surface area contributed by atoms with Crippen molar-refractivity contribution in [1.29, 1.82) is 0 Å². The number of Topliss-reactive ketones (excluding diaryl/α,β-unsaturated/α-hetero) is 2. The number of carbonyl (C=O) groups is 4. The predicted octanol–water partition coefficient (Wildman–Crippen LogP) is 1.07. The number of aliphatic hydroxyl groups is 1. The molecule has 0 spiro atoms. The van der Waals surface area contributed by atoms with E-state index in [4.69, 9.17) is 5.11 Å². The molecule has 1 atom stereocenters. The van der Waals surface area contributed by atoms with Gasteiger partial charge in [-0.05, 0) is 25.0 Å². The van der Waals surface area contributed by atoms with Gasteiger partial charge in [0.1, 0.15) is 23.3 Å². The number of phenolic OH excluding ortho intramolecular Hbond substituents is 2.